The van der Waals surface area contributed by atoms with Gasteiger partial charge in [0.15, 0.2) is 0 Å². The van der Waals surface area contributed by atoms with Crippen LogP contribution in [0.5, 0.6) is 0 Å². The van der Waals surface area contributed by atoms with Crippen LogP contribution in [0.2, 0.25) is 5.02 Å². The largest absolute Gasteiger partial charge is 0.464 e. The maximum absolute atomic E-state index is 13.2. The highest BCUT2D eigenvalue weighted by Gasteiger charge is 2.23. The summed E-state index contributed by atoms with van der Waals surface area (Å²) in [6.07, 6.45) is 1.67. The Labute approximate surface area is 210 Å². The molecule has 6 rings (SSSR count). The van der Waals surface area contributed by atoms with Gasteiger partial charge in [-0.3, -0.25) is 9.59 Å². The number of nitrogens with one attached hydrogen (secondary N) is 2. The van der Waals surface area contributed by atoms with Gasteiger partial charge in [0.05, 0.1) is 12.7 Å². The van der Waals surface area contributed by atoms with Gasteiger partial charge >= 0.3 is 0 Å². The summed E-state index contributed by atoms with van der Waals surface area (Å²) >= 11 is 6.04. The van der Waals surface area contributed by atoms with Crippen molar-refractivity contribution in [2.75, 3.05) is 10.6 Å². The highest BCUT2D eigenvalue weighted by atomic mass is 35.5. The molecule has 0 unspecified atom stereocenters. The van der Waals surface area contributed by atoms with E-state index in [4.69, 9.17) is 20.4 Å². The Balaban J connectivity index is 1.33. The lowest BCUT2D eigenvalue weighted by atomic mass is 10.0. The first kappa shape index (κ1) is 21.9. The molecule has 0 bridgehead atoms. The lowest BCUT2D eigenvalue weighted by Gasteiger charge is -2.08. The molecule has 2 amide bonds. The van der Waals surface area contributed by atoms with Crippen LogP contribution in [0.4, 0.5) is 11.4 Å². The second kappa shape index (κ2) is 8.91. The second-order valence-electron chi connectivity index (χ2n) is 8.41. The molecule has 176 valence electrons. The fourth-order valence-electron chi connectivity index (χ4n) is 4.44. The third kappa shape index (κ3) is 3.97. The van der Waals surface area contributed by atoms with Crippen molar-refractivity contribution in [3.63, 3.8) is 0 Å². The summed E-state index contributed by atoms with van der Waals surface area (Å²) in [6.45, 7) is 0. The molecule has 0 aliphatic heterocycles. The topological polar surface area (TPSA) is 84.5 Å². The summed E-state index contributed by atoms with van der Waals surface area (Å²) in [5.41, 5.74) is 2.79. The number of amides is 2. The molecule has 0 atom stereocenters. The number of furan rings is 2. The smallest absolute Gasteiger partial charge is 0.293 e. The van der Waals surface area contributed by atoms with Crippen LogP contribution in [0.25, 0.3) is 32.7 Å². The second-order valence-corrected chi connectivity index (χ2v) is 8.85. The third-order valence-electron chi connectivity index (χ3n) is 6.04. The van der Waals surface area contributed by atoms with Gasteiger partial charge in [-0.05, 0) is 47.2 Å². The molecule has 2 N–H and O–H groups in total. The number of halogens is 1. The maximum atomic E-state index is 13.2. The summed E-state index contributed by atoms with van der Waals surface area (Å²) in [4.78, 5) is 26.4. The zero-order valence-corrected chi connectivity index (χ0v) is 19.6. The van der Waals surface area contributed by atoms with E-state index in [9.17, 15) is 9.59 Å². The quantitative estimate of drug-likeness (QED) is 0.261. The van der Waals surface area contributed by atoms with Crippen molar-refractivity contribution in [3.8, 4) is 0 Å². The van der Waals surface area contributed by atoms with Crippen LogP contribution in [0.1, 0.15) is 16.1 Å². The van der Waals surface area contributed by atoms with Crippen molar-refractivity contribution in [1.82, 2.24) is 0 Å². The third-order valence-corrected chi connectivity index (χ3v) is 6.27. The molecule has 0 radical (unpaired) electrons. The molecule has 2 heterocycles. The molecule has 6 aromatic rings. The zero-order valence-electron chi connectivity index (χ0n) is 18.9. The standard InChI is InChI=1S/C29H19ClN2O4/c30-19-7-5-8-20(15-19)31-29(34)28-27(22-10-3-4-11-23(22)36-28)32-25(33)14-18-16-35-24-13-12-17-6-1-2-9-21(17)26(18)24/h1-13,15-16H,14H2,(H,31,34)(H,32,33). The Hall–Kier alpha value is -4.55. The van der Waals surface area contributed by atoms with Gasteiger partial charge in [0, 0.05) is 27.0 Å². The number of carbonyl (C=O) groups is 2. The number of benzene rings is 4. The predicted molar refractivity (Wildman–Crippen MR) is 142 cm³/mol. The summed E-state index contributed by atoms with van der Waals surface area (Å²) in [6, 6.07) is 25.8. The Bertz CT molecular complexity index is 1780. The highest BCUT2D eigenvalue weighted by molar-refractivity contribution is 6.31. The summed E-state index contributed by atoms with van der Waals surface area (Å²) in [7, 11) is 0. The Morgan fingerprint density at radius 1 is 0.806 bits per heavy atom. The van der Waals surface area contributed by atoms with Crippen molar-refractivity contribution in [2.24, 2.45) is 0 Å². The van der Waals surface area contributed by atoms with Gasteiger partial charge in [0.1, 0.15) is 16.9 Å². The van der Waals surface area contributed by atoms with E-state index in [1.165, 1.54) is 0 Å². The predicted octanol–water partition coefficient (Wildman–Crippen LogP) is 7.42. The number of hydrogen-bond acceptors (Lipinski definition) is 4. The average molecular weight is 495 g/mol. The van der Waals surface area contributed by atoms with Gasteiger partial charge < -0.3 is 19.5 Å². The van der Waals surface area contributed by atoms with Crippen molar-refractivity contribution in [1.29, 1.82) is 0 Å². The molecule has 0 fully saturated rings. The van der Waals surface area contributed by atoms with Crippen LogP contribution < -0.4 is 10.6 Å². The molecule has 7 heteroatoms. The van der Waals surface area contributed by atoms with Crippen LogP contribution in [0, 0.1) is 0 Å². The summed E-state index contributed by atoms with van der Waals surface area (Å²) < 4.78 is 11.6. The molecular weight excluding hydrogens is 476 g/mol. The van der Waals surface area contributed by atoms with Gasteiger partial charge in [-0.15, -0.1) is 0 Å². The van der Waals surface area contributed by atoms with Crippen molar-refractivity contribution in [2.45, 2.75) is 6.42 Å². The fraction of sp³-hybridized carbons (Fsp3) is 0.0345. The molecule has 0 aliphatic carbocycles. The van der Waals surface area contributed by atoms with E-state index in [0.29, 0.717) is 32.9 Å². The van der Waals surface area contributed by atoms with Gasteiger partial charge in [-0.2, -0.15) is 0 Å². The first-order chi connectivity index (χ1) is 17.6. The molecule has 36 heavy (non-hydrogen) atoms. The van der Waals surface area contributed by atoms with Crippen molar-refractivity contribution in [3.05, 3.63) is 108 Å². The number of para-hydroxylation sites is 1. The Kier molecular flexibility index (Phi) is 5.43. The minimum Gasteiger partial charge on any atom is -0.464 e. The number of anilines is 2. The van der Waals surface area contributed by atoms with E-state index >= 15 is 0 Å². The van der Waals surface area contributed by atoms with Crippen LogP contribution in [-0.2, 0) is 11.2 Å². The Morgan fingerprint density at radius 3 is 2.47 bits per heavy atom. The zero-order chi connectivity index (χ0) is 24.6. The van der Waals surface area contributed by atoms with E-state index < -0.39 is 5.91 Å². The number of fused-ring (bicyclic) bond motifs is 4. The van der Waals surface area contributed by atoms with Crippen molar-refractivity contribution >= 4 is 67.5 Å². The van der Waals surface area contributed by atoms with E-state index in [-0.39, 0.29) is 18.1 Å². The number of hydrogen-bond donors (Lipinski definition) is 2. The normalized spacial score (nSPS) is 11.2. The average Bonchev–Trinajstić information content (AvgIpc) is 3.46. The lowest BCUT2D eigenvalue weighted by molar-refractivity contribution is -0.115. The molecule has 0 spiro atoms. The van der Waals surface area contributed by atoms with E-state index in [0.717, 1.165) is 21.7 Å². The van der Waals surface area contributed by atoms with Gasteiger partial charge in [0.25, 0.3) is 5.91 Å². The lowest BCUT2D eigenvalue weighted by Crippen LogP contribution is -2.18. The van der Waals surface area contributed by atoms with Gasteiger partial charge in [0.2, 0.25) is 11.7 Å². The molecule has 0 saturated heterocycles. The van der Waals surface area contributed by atoms with Gasteiger partial charge in [-0.1, -0.05) is 60.1 Å². The molecule has 6 nitrogen and oxygen atoms in total. The SMILES string of the molecule is O=C(Cc1coc2ccc3ccccc3c12)Nc1c(C(=O)Nc2cccc(Cl)c2)oc2ccccc12. The number of carbonyl (C=O) groups excluding carboxylic acids is 2. The Morgan fingerprint density at radius 2 is 1.61 bits per heavy atom. The molecule has 4 aromatic carbocycles. The van der Waals surface area contributed by atoms with E-state index in [2.05, 4.69) is 10.6 Å². The molecule has 0 aliphatic rings. The maximum Gasteiger partial charge on any atom is 0.293 e. The number of rotatable bonds is 5. The van der Waals surface area contributed by atoms with Crippen LogP contribution >= 0.6 is 11.6 Å². The summed E-state index contributed by atoms with van der Waals surface area (Å²) in [5.74, 6) is -0.787. The van der Waals surface area contributed by atoms with Crippen molar-refractivity contribution < 1.29 is 18.4 Å². The fourth-order valence-corrected chi connectivity index (χ4v) is 4.63. The van der Waals surface area contributed by atoms with E-state index in [1.807, 2.05) is 42.5 Å². The minimum atomic E-state index is -0.497. The molecular formula is C29H19ClN2O4. The van der Waals surface area contributed by atoms with Crippen LogP contribution in [-0.4, -0.2) is 11.8 Å². The van der Waals surface area contributed by atoms with Crippen LogP contribution in [0.15, 0.2) is 100 Å². The summed E-state index contributed by atoms with van der Waals surface area (Å²) in [5, 5.41) is 9.78. The molecule has 2 aromatic heterocycles. The van der Waals surface area contributed by atoms with E-state index in [1.54, 1.807) is 48.7 Å². The molecule has 0 saturated carbocycles. The van der Waals surface area contributed by atoms with Crippen LogP contribution in [0.3, 0.4) is 0 Å². The first-order valence-electron chi connectivity index (χ1n) is 11.3. The van der Waals surface area contributed by atoms with Gasteiger partial charge in [-0.25, -0.2) is 0 Å². The highest BCUT2D eigenvalue weighted by Crippen LogP contribution is 2.33. The first-order valence-corrected chi connectivity index (χ1v) is 11.7. The minimum absolute atomic E-state index is 0.00651. The monoisotopic (exact) mass is 494 g/mol.